The van der Waals surface area contributed by atoms with Crippen LogP contribution in [0.4, 0.5) is 13.2 Å². The van der Waals surface area contributed by atoms with Gasteiger partial charge in [-0.2, -0.15) is 13.2 Å². The SMILES string of the molecule is COc1cnc(C(F)(F)F)cn1.[K+].[O-]CC12CCCN1CCC2. The molecular weight excluding hydrogens is 338 g/mol. The van der Waals surface area contributed by atoms with Gasteiger partial charge in [0.1, 0.15) is 0 Å². The van der Waals surface area contributed by atoms with Crippen LogP contribution in [0.5, 0.6) is 5.88 Å². The maximum Gasteiger partial charge on any atom is 1.00 e. The van der Waals surface area contributed by atoms with Crippen LogP contribution in [-0.2, 0) is 6.18 Å². The van der Waals surface area contributed by atoms with Gasteiger partial charge in [-0.1, -0.05) is 0 Å². The topological polar surface area (TPSA) is 61.3 Å². The summed E-state index contributed by atoms with van der Waals surface area (Å²) in [5.74, 6) is 0.0583. The number of fused-ring (bicyclic) bond motifs is 1. The second-order valence-corrected chi connectivity index (χ2v) is 5.50. The smallest absolute Gasteiger partial charge is 0.853 e. The predicted molar refractivity (Wildman–Crippen MR) is 71.2 cm³/mol. The first-order valence-corrected chi connectivity index (χ1v) is 7.18. The average Bonchev–Trinajstić information content (AvgIpc) is 3.07. The van der Waals surface area contributed by atoms with Crippen LogP contribution in [-0.4, -0.2) is 47.2 Å². The van der Waals surface area contributed by atoms with Gasteiger partial charge in [0.2, 0.25) is 5.88 Å². The number of methoxy groups -OCH3 is 1. The molecular formula is C14H19F3KN3O2. The molecule has 0 spiro atoms. The van der Waals surface area contributed by atoms with E-state index in [2.05, 4.69) is 19.6 Å². The Kier molecular flexibility index (Phi) is 8.39. The maximum absolute atomic E-state index is 11.9. The number of ether oxygens (including phenoxy) is 1. The molecule has 0 saturated carbocycles. The maximum atomic E-state index is 11.9. The number of halogens is 3. The summed E-state index contributed by atoms with van der Waals surface area (Å²) in [6.45, 7) is 2.50. The summed E-state index contributed by atoms with van der Waals surface area (Å²) >= 11 is 0. The Hall–Kier alpha value is 0.226. The Bertz CT molecular complexity index is 475. The van der Waals surface area contributed by atoms with Crippen LogP contribution in [0.3, 0.4) is 0 Å². The molecule has 2 saturated heterocycles. The molecule has 0 atom stereocenters. The first-order chi connectivity index (χ1) is 10.4. The van der Waals surface area contributed by atoms with Gasteiger partial charge in [-0.05, 0) is 38.8 Å². The van der Waals surface area contributed by atoms with E-state index in [4.69, 9.17) is 0 Å². The van der Waals surface area contributed by atoms with E-state index in [-0.39, 0.29) is 69.4 Å². The van der Waals surface area contributed by atoms with Gasteiger partial charge < -0.3 is 9.84 Å². The van der Waals surface area contributed by atoms with Crippen LogP contribution in [0.2, 0.25) is 0 Å². The van der Waals surface area contributed by atoms with Crippen molar-refractivity contribution in [1.82, 2.24) is 14.9 Å². The summed E-state index contributed by atoms with van der Waals surface area (Å²) in [5.41, 5.74) is -0.900. The monoisotopic (exact) mass is 357 g/mol. The second kappa shape index (κ2) is 9.07. The first-order valence-electron chi connectivity index (χ1n) is 7.18. The number of hydrogen-bond donors (Lipinski definition) is 0. The van der Waals surface area contributed by atoms with Crippen molar-refractivity contribution in [2.24, 2.45) is 0 Å². The molecule has 3 heterocycles. The van der Waals surface area contributed by atoms with E-state index in [1.54, 1.807) is 0 Å². The summed E-state index contributed by atoms with van der Waals surface area (Å²) in [5, 5.41) is 10.9. The molecule has 124 valence electrons. The van der Waals surface area contributed by atoms with Crippen LogP contribution in [0.25, 0.3) is 0 Å². The zero-order valence-corrected chi connectivity index (χ0v) is 16.5. The molecule has 23 heavy (non-hydrogen) atoms. The molecule has 1 aromatic heterocycles. The number of alkyl halides is 3. The molecule has 3 rings (SSSR count). The molecule has 2 aliphatic rings. The van der Waals surface area contributed by atoms with Crippen molar-refractivity contribution in [3.05, 3.63) is 18.1 Å². The molecule has 0 N–H and O–H groups in total. The molecule has 0 aliphatic carbocycles. The molecule has 9 heteroatoms. The number of nitrogens with zero attached hydrogens (tertiary/aromatic N) is 3. The molecule has 0 aromatic carbocycles. The molecule has 2 fully saturated rings. The van der Waals surface area contributed by atoms with E-state index in [0.717, 1.165) is 19.0 Å². The zero-order valence-electron chi connectivity index (χ0n) is 13.4. The molecule has 5 nitrogen and oxygen atoms in total. The fourth-order valence-electron chi connectivity index (χ4n) is 3.03. The van der Waals surface area contributed by atoms with Gasteiger partial charge >= 0.3 is 57.6 Å². The quantitative estimate of drug-likeness (QED) is 0.602. The fraction of sp³-hybridized carbons (Fsp3) is 0.714. The molecule has 0 bridgehead atoms. The van der Waals surface area contributed by atoms with E-state index in [1.165, 1.54) is 33.0 Å². The van der Waals surface area contributed by atoms with E-state index < -0.39 is 11.9 Å². The van der Waals surface area contributed by atoms with Gasteiger partial charge in [-0.15, -0.1) is 6.61 Å². The minimum atomic E-state index is -4.45. The molecule has 1 aromatic rings. The van der Waals surface area contributed by atoms with Crippen molar-refractivity contribution < 1.29 is 74.4 Å². The van der Waals surface area contributed by atoms with Crippen molar-refractivity contribution in [2.75, 3.05) is 26.8 Å². The van der Waals surface area contributed by atoms with Crippen molar-refractivity contribution in [3.63, 3.8) is 0 Å². The van der Waals surface area contributed by atoms with Crippen LogP contribution in [0, 0.1) is 0 Å². The third-order valence-corrected chi connectivity index (χ3v) is 4.21. The number of hydrogen-bond acceptors (Lipinski definition) is 5. The van der Waals surface area contributed by atoms with E-state index in [9.17, 15) is 18.3 Å². The zero-order chi connectivity index (χ0) is 16.2. The third kappa shape index (κ3) is 5.35. The largest absolute Gasteiger partial charge is 1.00 e. The molecule has 0 amide bonds. The van der Waals surface area contributed by atoms with Crippen LogP contribution in [0.15, 0.2) is 12.4 Å². The number of aromatic nitrogens is 2. The Morgan fingerprint density at radius 2 is 1.83 bits per heavy atom. The average molecular weight is 357 g/mol. The molecule has 0 unspecified atom stereocenters. The Morgan fingerprint density at radius 1 is 1.22 bits per heavy atom. The number of rotatable bonds is 2. The minimum Gasteiger partial charge on any atom is -0.853 e. The van der Waals surface area contributed by atoms with Gasteiger partial charge in [-0.3, -0.25) is 4.90 Å². The van der Waals surface area contributed by atoms with Crippen LogP contribution < -0.4 is 61.2 Å². The normalized spacial score (nSPS) is 19.3. The van der Waals surface area contributed by atoms with E-state index in [0.29, 0.717) is 6.20 Å². The van der Waals surface area contributed by atoms with Crippen LogP contribution >= 0.6 is 0 Å². The summed E-state index contributed by atoms with van der Waals surface area (Å²) in [4.78, 5) is 8.87. The van der Waals surface area contributed by atoms with Gasteiger partial charge in [0.15, 0.2) is 5.69 Å². The fourth-order valence-corrected chi connectivity index (χ4v) is 3.03. The Balaban J connectivity index is 0.000000223. The van der Waals surface area contributed by atoms with Crippen molar-refractivity contribution in [1.29, 1.82) is 0 Å². The summed E-state index contributed by atoms with van der Waals surface area (Å²) in [6, 6.07) is 0. The minimum absolute atomic E-state index is 0. The van der Waals surface area contributed by atoms with Crippen molar-refractivity contribution in [2.45, 2.75) is 37.4 Å². The van der Waals surface area contributed by atoms with Crippen LogP contribution in [0.1, 0.15) is 31.4 Å². The van der Waals surface area contributed by atoms with Gasteiger partial charge in [0.05, 0.1) is 19.5 Å². The van der Waals surface area contributed by atoms with E-state index in [1.807, 2.05) is 0 Å². The van der Waals surface area contributed by atoms with Crippen molar-refractivity contribution >= 4 is 0 Å². The Labute approximate surface area is 176 Å². The van der Waals surface area contributed by atoms with E-state index >= 15 is 0 Å². The second-order valence-electron chi connectivity index (χ2n) is 5.50. The third-order valence-electron chi connectivity index (χ3n) is 4.21. The summed E-state index contributed by atoms with van der Waals surface area (Å²) < 4.78 is 40.2. The molecule has 2 aliphatic heterocycles. The first kappa shape index (κ1) is 21.3. The van der Waals surface area contributed by atoms with Gasteiger partial charge in [0, 0.05) is 5.54 Å². The van der Waals surface area contributed by atoms with Gasteiger partial charge in [-0.25, -0.2) is 9.97 Å². The van der Waals surface area contributed by atoms with Gasteiger partial charge in [0.25, 0.3) is 0 Å². The van der Waals surface area contributed by atoms with Crippen molar-refractivity contribution in [3.8, 4) is 5.88 Å². The predicted octanol–water partition coefficient (Wildman–Crippen LogP) is -1.52. The summed E-state index contributed by atoms with van der Waals surface area (Å²) in [6.07, 6.45) is 1.93. The molecule has 0 radical (unpaired) electrons. The standard InChI is InChI=1S/C8H14NO.C6H5F3N2O.K/c10-7-8-3-1-5-9(8)6-2-4-8;1-12-5-3-10-4(2-11-5)6(7,8)9;/h1-7H2;2-3H,1H3;/q-1;;+1. The summed E-state index contributed by atoms with van der Waals surface area (Å²) in [7, 11) is 1.30. The Morgan fingerprint density at radius 3 is 2.17 bits per heavy atom.